The third kappa shape index (κ3) is 1.78. The number of anilines is 1. The standard InChI is InChI=1S/C14H13NO2S/c1-11-13-9-5-6-10-14(13)17-18(16)15(11)12-7-3-2-4-8-12/h2-11H,1H3. The van der Waals surface area contributed by atoms with E-state index in [1.54, 1.807) is 4.31 Å². The van der Waals surface area contributed by atoms with Crippen LogP contribution in [0.1, 0.15) is 18.5 Å². The average molecular weight is 259 g/mol. The number of hydrogen-bond donors (Lipinski definition) is 0. The third-order valence-electron chi connectivity index (χ3n) is 3.05. The van der Waals surface area contributed by atoms with Crippen LogP contribution in [0.15, 0.2) is 54.6 Å². The topological polar surface area (TPSA) is 29.5 Å². The SMILES string of the molecule is CC1c2ccccc2OS(=O)N1c1ccccc1. The van der Waals surface area contributed by atoms with E-state index in [0.717, 1.165) is 11.3 Å². The Bertz CT molecular complexity index is 585. The minimum absolute atomic E-state index is 0.0261. The lowest BCUT2D eigenvalue weighted by molar-refractivity contribution is 0.520. The zero-order valence-corrected chi connectivity index (χ0v) is 10.8. The van der Waals surface area contributed by atoms with Crippen molar-refractivity contribution < 1.29 is 8.39 Å². The maximum Gasteiger partial charge on any atom is 0.319 e. The summed E-state index contributed by atoms with van der Waals surface area (Å²) in [6, 6.07) is 17.4. The highest BCUT2D eigenvalue weighted by Gasteiger charge is 2.31. The Balaban J connectivity index is 2.06. The first kappa shape index (κ1) is 11.3. The molecule has 2 unspecified atom stereocenters. The Morgan fingerprint density at radius 1 is 1.06 bits per heavy atom. The van der Waals surface area contributed by atoms with Crippen molar-refractivity contribution in [2.75, 3.05) is 4.31 Å². The lowest BCUT2D eigenvalue weighted by atomic mass is 10.1. The monoisotopic (exact) mass is 259 g/mol. The molecule has 0 N–H and O–H groups in total. The van der Waals surface area contributed by atoms with Gasteiger partial charge in [-0.2, -0.15) is 4.21 Å². The van der Waals surface area contributed by atoms with E-state index < -0.39 is 11.3 Å². The van der Waals surface area contributed by atoms with Crippen LogP contribution in [0.2, 0.25) is 0 Å². The minimum Gasteiger partial charge on any atom is -0.385 e. The van der Waals surface area contributed by atoms with Gasteiger partial charge in [0.05, 0.1) is 11.7 Å². The molecule has 0 saturated heterocycles. The van der Waals surface area contributed by atoms with Crippen LogP contribution in [0.3, 0.4) is 0 Å². The summed E-state index contributed by atoms with van der Waals surface area (Å²) in [5.41, 5.74) is 1.96. The van der Waals surface area contributed by atoms with Gasteiger partial charge in [0.2, 0.25) is 0 Å². The molecule has 0 aliphatic carbocycles. The maximum absolute atomic E-state index is 12.2. The van der Waals surface area contributed by atoms with E-state index in [4.69, 9.17) is 4.18 Å². The Morgan fingerprint density at radius 3 is 2.50 bits per heavy atom. The Kier molecular flexibility index (Phi) is 2.80. The lowest BCUT2D eigenvalue weighted by Gasteiger charge is -2.34. The van der Waals surface area contributed by atoms with Crippen molar-refractivity contribution in [2.24, 2.45) is 0 Å². The van der Waals surface area contributed by atoms with Crippen molar-refractivity contribution in [3.63, 3.8) is 0 Å². The van der Waals surface area contributed by atoms with Gasteiger partial charge < -0.3 is 4.18 Å². The molecule has 2 aromatic rings. The summed E-state index contributed by atoms with van der Waals surface area (Å²) in [5, 5.41) is 0. The van der Waals surface area contributed by atoms with E-state index >= 15 is 0 Å². The molecule has 2 atom stereocenters. The van der Waals surface area contributed by atoms with Crippen LogP contribution in [0.25, 0.3) is 0 Å². The molecule has 92 valence electrons. The van der Waals surface area contributed by atoms with Crippen molar-refractivity contribution in [2.45, 2.75) is 13.0 Å². The molecule has 1 aliphatic heterocycles. The van der Waals surface area contributed by atoms with Crippen molar-refractivity contribution in [1.29, 1.82) is 0 Å². The molecule has 0 saturated carbocycles. The predicted molar refractivity (Wildman–Crippen MR) is 72.5 cm³/mol. The van der Waals surface area contributed by atoms with Gasteiger partial charge in [0, 0.05) is 5.56 Å². The molecule has 0 spiro atoms. The van der Waals surface area contributed by atoms with Crippen LogP contribution in [-0.4, -0.2) is 4.21 Å². The van der Waals surface area contributed by atoms with Crippen LogP contribution < -0.4 is 8.49 Å². The first-order valence-electron chi connectivity index (χ1n) is 5.81. The molecular formula is C14H13NO2S. The highest BCUT2D eigenvalue weighted by molar-refractivity contribution is 7.82. The first-order valence-corrected chi connectivity index (χ1v) is 6.84. The second-order valence-electron chi connectivity index (χ2n) is 4.18. The Hall–Kier alpha value is -1.81. The molecule has 4 heteroatoms. The fourth-order valence-electron chi connectivity index (χ4n) is 2.16. The second-order valence-corrected chi connectivity index (χ2v) is 5.17. The van der Waals surface area contributed by atoms with Crippen LogP contribution in [0.5, 0.6) is 5.75 Å². The molecule has 1 aliphatic rings. The molecular weight excluding hydrogens is 246 g/mol. The van der Waals surface area contributed by atoms with Gasteiger partial charge >= 0.3 is 11.3 Å². The van der Waals surface area contributed by atoms with Gasteiger partial charge in [-0.25, -0.2) is 0 Å². The number of para-hydroxylation sites is 2. The van der Waals surface area contributed by atoms with Crippen LogP contribution in [-0.2, 0) is 11.3 Å². The number of fused-ring (bicyclic) bond motifs is 1. The number of hydrogen-bond acceptors (Lipinski definition) is 2. The highest BCUT2D eigenvalue weighted by atomic mass is 32.2. The fourth-order valence-corrected chi connectivity index (χ4v) is 3.21. The summed E-state index contributed by atoms with van der Waals surface area (Å²) in [5.74, 6) is 0.704. The first-order chi connectivity index (χ1) is 8.77. The predicted octanol–water partition coefficient (Wildman–Crippen LogP) is 3.23. The van der Waals surface area contributed by atoms with E-state index in [1.807, 2.05) is 61.5 Å². The van der Waals surface area contributed by atoms with Crippen molar-refractivity contribution in [1.82, 2.24) is 0 Å². The third-order valence-corrected chi connectivity index (χ3v) is 4.22. The van der Waals surface area contributed by atoms with Gasteiger partial charge in [-0.05, 0) is 25.1 Å². The fraction of sp³-hybridized carbons (Fsp3) is 0.143. The van der Waals surface area contributed by atoms with Gasteiger partial charge in [-0.1, -0.05) is 36.4 Å². The zero-order valence-electron chi connectivity index (χ0n) is 9.95. The van der Waals surface area contributed by atoms with Crippen LogP contribution >= 0.6 is 0 Å². The van der Waals surface area contributed by atoms with Crippen molar-refractivity contribution in [3.05, 3.63) is 60.2 Å². The summed E-state index contributed by atoms with van der Waals surface area (Å²) in [4.78, 5) is 0. The lowest BCUT2D eigenvalue weighted by Crippen LogP contribution is -2.35. The van der Waals surface area contributed by atoms with Gasteiger partial charge in [-0.15, -0.1) is 0 Å². The molecule has 0 fully saturated rings. The normalized spacial score (nSPS) is 22.2. The van der Waals surface area contributed by atoms with E-state index in [-0.39, 0.29) is 6.04 Å². The summed E-state index contributed by atoms with van der Waals surface area (Å²) < 4.78 is 19.4. The van der Waals surface area contributed by atoms with Crippen molar-refractivity contribution in [3.8, 4) is 5.75 Å². The quantitative estimate of drug-likeness (QED) is 0.787. The van der Waals surface area contributed by atoms with E-state index in [9.17, 15) is 4.21 Å². The second kappa shape index (κ2) is 4.46. The summed E-state index contributed by atoms with van der Waals surface area (Å²) >= 11 is -1.49. The number of benzene rings is 2. The van der Waals surface area contributed by atoms with Gasteiger partial charge in [-0.3, -0.25) is 4.31 Å². The van der Waals surface area contributed by atoms with Crippen molar-refractivity contribution >= 4 is 17.0 Å². The van der Waals surface area contributed by atoms with Gasteiger partial charge in [0.1, 0.15) is 5.75 Å². The Labute approximate surface area is 109 Å². The summed E-state index contributed by atoms with van der Waals surface area (Å²) in [7, 11) is 0. The smallest absolute Gasteiger partial charge is 0.319 e. The summed E-state index contributed by atoms with van der Waals surface area (Å²) in [6.07, 6.45) is 0. The molecule has 3 rings (SSSR count). The maximum atomic E-state index is 12.2. The minimum atomic E-state index is -1.49. The molecule has 0 aromatic heterocycles. The average Bonchev–Trinajstić information content (AvgIpc) is 2.40. The van der Waals surface area contributed by atoms with E-state index in [1.165, 1.54) is 0 Å². The van der Waals surface area contributed by atoms with Crippen LogP contribution in [0.4, 0.5) is 5.69 Å². The van der Waals surface area contributed by atoms with E-state index in [2.05, 4.69) is 0 Å². The number of rotatable bonds is 1. The van der Waals surface area contributed by atoms with E-state index in [0.29, 0.717) is 5.75 Å². The summed E-state index contributed by atoms with van der Waals surface area (Å²) in [6.45, 7) is 2.03. The largest absolute Gasteiger partial charge is 0.385 e. The van der Waals surface area contributed by atoms with Crippen LogP contribution in [0, 0.1) is 0 Å². The molecule has 1 heterocycles. The van der Waals surface area contributed by atoms with Gasteiger partial charge in [0.25, 0.3) is 0 Å². The Morgan fingerprint density at radius 2 is 1.72 bits per heavy atom. The molecule has 2 aromatic carbocycles. The number of nitrogens with zero attached hydrogens (tertiary/aromatic N) is 1. The molecule has 0 amide bonds. The highest BCUT2D eigenvalue weighted by Crippen LogP contribution is 2.38. The molecule has 18 heavy (non-hydrogen) atoms. The molecule has 3 nitrogen and oxygen atoms in total. The van der Waals surface area contributed by atoms with Gasteiger partial charge in [0.15, 0.2) is 0 Å². The zero-order chi connectivity index (χ0) is 12.5. The molecule has 0 bridgehead atoms. The molecule has 0 radical (unpaired) electrons.